The first kappa shape index (κ1) is 18.7. The monoisotopic (exact) mass is 418 g/mol. The van der Waals surface area contributed by atoms with Crippen molar-refractivity contribution in [1.82, 2.24) is 4.98 Å². The molecule has 2 heterocycles. The van der Waals surface area contributed by atoms with Gasteiger partial charge in [0.2, 0.25) is 0 Å². The largest absolute Gasteiger partial charge is 0.354 e. The summed E-state index contributed by atoms with van der Waals surface area (Å²) >= 11 is 8.26. The number of rotatable bonds is 5. The maximum absolute atomic E-state index is 6.41. The highest BCUT2D eigenvalue weighted by Crippen LogP contribution is 2.39. The van der Waals surface area contributed by atoms with Gasteiger partial charge in [-0.3, -0.25) is 0 Å². The van der Waals surface area contributed by atoms with E-state index < -0.39 is 0 Å². The number of halogens is 1. The number of aromatic amines is 1. The normalized spacial score (nSPS) is 11.8. The molecule has 0 radical (unpaired) electrons. The van der Waals surface area contributed by atoms with Gasteiger partial charge in [-0.1, -0.05) is 35.9 Å². The molecule has 0 aliphatic carbocycles. The number of thiophene rings is 1. The van der Waals surface area contributed by atoms with Gasteiger partial charge in [0.15, 0.2) is 0 Å². The van der Waals surface area contributed by atoms with E-state index in [1.54, 1.807) is 0 Å². The molecule has 4 heteroatoms. The van der Waals surface area contributed by atoms with Crippen LogP contribution in [0.4, 0.5) is 0 Å². The third kappa shape index (κ3) is 3.24. The summed E-state index contributed by atoms with van der Waals surface area (Å²) in [4.78, 5) is 3.72. The highest BCUT2D eigenvalue weighted by molar-refractivity contribution is 7.25. The zero-order valence-electron chi connectivity index (χ0n) is 16.4. The summed E-state index contributed by atoms with van der Waals surface area (Å²) in [5.41, 5.74) is 11.9. The molecule has 0 aliphatic heterocycles. The third-order valence-electron chi connectivity index (χ3n) is 5.72. The number of H-pyrrole nitrogens is 1. The molecule has 0 amide bonds. The van der Waals surface area contributed by atoms with Crippen LogP contribution in [0, 0.1) is 6.92 Å². The Morgan fingerprint density at radius 3 is 2.62 bits per heavy atom. The summed E-state index contributed by atoms with van der Waals surface area (Å²) < 4.78 is 2.66. The molecule has 146 valence electrons. The standard InChI is InChI=1S/C25H23ClN2S/c1-15-12-17(26)14-21-19(7-4-5-11-27)25(28-24(15)21)16-9-10-23-20(13-16)18-6-2-3-8-22(18)29-23/h2-3,6,8-10,12-14,28H,4-5,7,11,27H2,1H3. The van der Waals surface area contributed by atoms with E-state index in [9.17, 15) is 0 Å². The summed E-state index contributed by atoms with van der Waals surface area (Å²) in [6, 6.07) is 19.6. The van der Waals surface area contributed by atoms with Crippen molar-refractivity contribution in [2.24, 2.45) is 5.73 Å². The topological polar surface area (TPSA) is 41.8 Å². The van der Waals surface area contributed by atoms with E-state index >= 15 is 0 Å². The molecule has 0 unspecified atom stereocenters. The molecule has 0 saturated heterocycles. The summed E-state index contributed by atoms with van der Waals surface area (Å²) in [6.07, 6.45) is 3.10. The van der Waals surface area contributed by atoms with Crippen LogP contribution < -0.4 is 5.73 Å². The Balaban J connectivity index is 1.73. The number of unbranched alkanes of at least 4 members (excludes halogenated alkanes) is 1. The van der Waals surface area contributed by atoms with Gasteiger partial charge < -0.3 is 10.7 Å². The molecule has 3 N–H and O–H groups in total. The van der Waals surface area contributed by atoms with E-state index in [1.165, 1.54) is 53.5 Å². The molecule has 0 saturated carbocycles. The minimum atomic E-state index is 0.727. The summed E-state index contributed by atoms with van der Waals surface area (Å²) in [7, 11) is 0. The molecule has 5 rings (SSSR count). The number of benzene rings is 3. The Morgan fingerprint density at radius 2 is 1.76 bits per heavy atom. The summed E-state index contributed by atoms with van der Waals surface area (Å²) in [6.45, 7) is 2.85. The van der Waals surface area contributed by atoms with Crippen molar-refractivity contribution in [2.75, 3.05) is 6.54 Å². The van der Waals surface area contributed by atoms with Crippen LogP contribution in [0.1, 0.15) is 24.0 Å². The molecule has 0 bridgehead atoms. The lowest BCUT2D eigenvalue weighted by Crippen LogP contribution is -1.99. The molecule has 0 aliphatic rings. The van der Waals surface area contributed by atoms with Crippen LogP contribution in [0.15, 0.2) is 54.6 Å². The molecule has 0 fully saturated rings. The minimum Gasteiger partial charge on any atom is -0.354 e. The highest BCUT2D eigenvalue weighted by Gasteiger charge is 2.16. The molecular weight excluding hydrogens is 396 g/mol. The number of fused-ring (bicyclic) bond motifs is 4. The van der Waals surface area contributed by atoms with Gasteiger partial charge in [0.1, 0.15) is 0 Å². The Morgan fingerprint density at radius 1 is 0.931 bits per heavy atom. The van der Waals surface area contributed by atoms with E-state index in [0.717, 1.165) is 30.8 Å². The SMILES string of the molecule is Cc1cc(Cl)cc2c(CCCCN)c(-c3ccc4sc5ccccc5c4c3)[nH]c12. The zero-order valence-corrected chi connectivity index (χ0v) is 18.0. The van der Waals surface area contributed by atoms with Gasteiger partial charge >= 0.3 is 0 Å². The molecule has 29 heavy (non-hydrogen) atoms. The number of hydrogen-bond acceptors (Lipinski definition) is 2. The van der Waals surface area contributed by atoms with Gasteiger partial charge in [-0.25, -0.2) is 0 Å². The lowest BCUT2D eigenvalue weighted by atomic mass is 9.98. The van der Waals surface area contributed by atoms with Crippen molar-refractivity contribution in [3.63, 3.8) is 0 Å². The summed E-state index contributed by atoms with van der Waals surface area (Å²) in [5, 5.41) is 4.68. The smallest absolute Gasteiger partial charge is 0.0497 e. The van der Waals surface area contributed by atoms with E-state index in [0.29, 0.717) is 0 Å². The fourth-order valence-electron chi connectivity index (χ4n) is 4.32. The van der Waals surface area contributed by atoms with Crippen molar-refractivity contribution < 1.29 is 0 Å². The summed E-state index contributed by atoms with van der Waals surface area (Å²) in [5.74, 6) is 0. The maximum Gasteiger partial charge on any atom is 0.0497 e. The molecule has 0 atom stereocenters. The van der Waals surface area contributed by atoms with E-state index in [4.69, 9.17) is 17.3 Å². The van der Waals surface area contributed by atoms with Crippen LogP contribution in [-0.4, -0.2) is 11.5 Å². The van der Waals surface area contributed by atoms with Gasteiger partial charge in [0, 0.05) is 41.8 Å². The van der Waals surface area contributed by atoms with Gasteiger partial charge in [-0.2, -0.15) is 0 Å². The van der Waals surface area contributed by atoms with Crippen LogP contribution in [-0.2, 0) is 6.42 Å². The van der Waals surface area contributed by atoms with E-state index in [-0.39, 0.29) is 0 Å². The van der Waals surface area contributed by atoms with Crippen LogP contribution in [0.2, 0.25) is 5.02 Å². The Bertz CT molecular complexity index is 1350. The van der Waals surface area contributed by atoms with Gasteiger partial charge in [-0.15, -0.1) is 11.3 Å². The van der Waals surface area contributed by atoms with Crippen molar-refractivity contribution in [3.05, 3.63) is 70.7 Å². The molecular formula is C25H23ClN2S. The fraction of sp³-hybridized carbons (Fsp3) is 0.200. The molecule has 2 aromatic heterocycles. The predicted octanol–water partition coefficient (Wildman–Crippen LogP) is 7.45. The van der Waals surface area contributed by atoms with Crippen LogP contribution >= 0.6 is 22.9 Å². The van der Waals surface area contributed by atoms with Gasteiger partial charge in [0.05, 0.1) is 0 Å². The quantitative estimate of drug-likeness (QED) is 0.286. The molecule has 5 aromatic rings. The first-order chi connectivity index (χ1) is 14.2. The maximum atomic E-state index is 6.41. The number of nitrogens with one attached hydrogen (secondary N) is 1. The lowest BCUT2D eigenvalue weighted by Gasteiger charge is -2.06. The van der Waals surface area contributed by atoms with Gasteiger partial charge in [0.25, 0.3) is 0 Å². The second kappa shape index (κ2) is 7.49. The number of nitrogens with two attached hydrogens (primary N) is 1. The Hall–Kier alpha value is -2.33. The number of hydrogen-bond donors (Lipinski definition) is 2. The first-order valence-electron chi connectivity index (χ1n) is 10.1. The first-order valence-corrected chi connectivity index (χ1v) is 11.3. The van der Waals surface area contributed by atoms with E-state index in [1.807, 2.05) is 17.4 Å². The Labute approximate surface area is 179 Å². The lowest BCUT2D eigenvalue weighted by molar-refractivity contribution is 0.748. The third-order valence-corrected chi connectivity index (χ3v) is 7.09. The second-order valence-electron chi connectivity index (χ2n) is 7.68. The van der Waals surface area contributed by atoms with Crippen molar-refractivity contribution >= 4 is 54.0 Å². The Kier molecular flexibility index (Phi) is 4.83. The van der Waals surface area contributed by atoms with Crippen molar-refractivity contribution in [2.45, 2.75) is 26.2 Å². The van der Waals surface area contributed by atoms with E-state index in [2.05, 4.69) is 60.4 Å². The van der Waals surface area contributed by atoms with Crippen LogP contribution in [0.5, 0.6) is 0 Å². The molecule has 0 spiro atoms. The average molecular weight is 419 g/mol. The molecule has 3 aromatic carbocycles. The number of aromatic nitrogens is 1. The van der Waals surface area contributed by atoms with Crippen molar-refractivity contribution in [3.8, 4) is 11.3 Å². The molecule has 2 nitrogen and oxygen atoms in total. The second-order valence-corrected chi connectivity index (χ2v) is 9.20. The zero-order chi connectivity index (χ0) is 20.0. The minimum absolute atomic E-state index is 0.727. The highest BCUT2D eigenvalue weighted by atomic mass is 35.5. The number of aryl methyl sites for hydroxylation is 2. The average Bonchev–Trinajstić information content (AvgIpc) is 3.26. The van der Waals surface area contributed by atoms with Crippen LogP contribution in [0.25, 0.3) is 42.3 Å². The van der Waals surface area contributed by atoms with Crippen LogP contribution in [0.3, 0.4) is 0 Å². The predicted molar refractivity (Wildman–Crippen MR) is 128 cm³/mol. The van der Waals surface area contributed by atoms with Gasteiger partial charge in [-0.05, 0) is 79.8 Å². The fourth-order valence-corrected chi connectivity index (χ4v) is 5.68. The van der Waals surface area contributed by atoms with Crippen molar-refractivity contribution in [1.29, 1.82) is 0 Å².